The SMILES string of the molecule is CN1CCN(C(=O)C(=O)N(C)C2CCS(=O)(=O)C2)CC1. The van der Waals surface area contributed by atoms with Gasteiger partial charge in [-0.05, 0) is 13.5 Å². The molecule has 0 aromatic rings. The lowest BCUT2D eigenvalue weighted by atomic mass is 10.2. The number of sulfone groups is 1. The molecule has 2 amide bonds. The Labute approximate surface area is 119 Å². The van der Waals surface area contributed by atoms with Crippen molar-refractivity contribution in [1.82, 2.24) is 14.7 Å². The first-order valence-corrected chi connectivity index (χ1v) is 8.57. The molecule has 0 N–H and O–H groups in total. The minimum absolute atomic E-state index is 0.0365. The van der Waals surface area contributed by atoms with E-state index in [4.69, 9.17) is 0 Å². The molecule has 2 fully saturated rings. The molecule has 114 valence electrons. The Morgan fingerprint density at radius 2 is 1.75 bits per heavy atom. The largest absolute Gasteiger partial charge is 0.333 e. The molecule has 8 heteroatoms. The van der Waals surface area contributed by atoms with Crippen LogP contribution in [0.3, 0.4) is 0 Å². The summed E-state index contributed by atoms with van der Waals surface area (Å²) >= 11 is 0. The van der Waals surface area contributed by atoms with E-state index in [2.05, 4.69) is 4.90 Å². The molecule has 0 spiro atoms. The Morgan fingerprint density at radius 1 is 1.15 bits per heavy atom. The van der Waals surface area contributed by atoms with Crippen LogP contribution >= 0.6 is 0 Å². The Kier molecular flexibility index (Phi) is 4.33. The number of rotatable bonds is 1. The van der Waals surface area contributed by atoms with Gasteiger partial charge >= 0.3 is 11.8 Å². The molecule has 1 atom stereocenters. The molecule has 0 radical (unpaired) electrons. The van der Waals surface area contributed by atoms with E-state index < -0.39 is 21.7 Å². The van der Waals surface area contributed by atoms with E-state index >= 15 is 0 Å². The maximum atomic E-state index is 12.1. The number of hydrogen-bond acceptors (Lipinski definition) is 5. The molecule has 2 heterocycles. The molecule has 0 aromatic heterocycles. The van der Waals surface area contributed by atoms with Gasteiger partial charge in [0.2, 0.25) is 0 Å². The normalized spacial score (nSPS) is 26.5. The molecule has 1 unspecified atom stereocenters. The van der Waals surface area contributed by atoms with Gasteiger partial charge < -0.3 is 14.7 Å². The van der Waals surface area contributed by atoms with Gasteiger partial charge in [-0.3, -0.25) is 9.59 Å². The molecule has 2 aliphatic rings. The second-order valence-corrected chi connectivity index (χ2v) is 7.80. The molecule has 7 nitrogen and oxygen atoms in total. The smallest absolute Gasteiger partial charge is 0.312 e. The van der Waals surface area contributed by atoms with Crippen LogP contribution in [-0.2, 0) is 19.4 Å². The molecule has 20 heavy (non-hydrogen) atoms. The van der Waals surface area contributed by atoms with Crippen LogP contribution in [0.15, 0.2) is 0 Å². The number of carbonyl (C=O) groups is 2. The third-order valence-electron chi connectivity index (χ3n) is 4.05. The van der Waals surface area contributed by atoms with Gasteiger partial charge in [0.25, 0.3) is 0 Å². The average Bonchev–Trinajstić information content (AvgIpc) is 2.77. The van der Waals surface area contributed by atoms with Crippen LogP contribution in [0, 0.1) is 0 Å². The van der Waals surface area contributed by atoms with Crippen molar-refractivity contribution in [3.63, 3.8) is 0 Å². The second-order valence-electron chi connectivity index (χ2n) is 5.57. The third kappa shape index (κ3) is 3.29. The molecule has 0 bridgehead atoms. The van der Waals surface area contributed by atoms with Gasteiger partial charge in [0.1, 0.15) is 0 Å². The molecule has 0 saturated carbocycles. The number of amides is 2. The Bertz CT molecular complexity index is 497. The number of nitrogens with zero attached hydrogens (tertiary/aromatic N) is 3. The summed E-state index contributed by atoms with van der Waals surface area (Å²) in [5.74, 6) is -1.06. The molecule has 2 rings (SSSR count). The first-order valence-electron chi connectivity index (χ1n) is 6.75. The van der Waals surface area contributed by atoms with Gasteiger partial charge in [-0.15, -0.1) is 0 Å². The first-order chi connectivity index (χ1) is 9.30. The topological polar surface area (TPSA) is 78.0 Å². The number of likely N-dealkylation sites (N-methyl/N-ethyl adjacent to an activating group) is 2. The van der Waals surface area contributed by atoms with Crippen LogP contribution in [0.1, 0.15) is 6.42 Å². The van der Waals surface area contributed by atoms with E-state index in [-0.39, 0.29) is 17.5 Å². The van der Waals surface area contributed by atoms with Gasteiger partial charge in [0, 0.05) is 39.3 Å². The van der Waals surface area contributed by atoms with Crippen LogP contribution in [-0.4, -0.2) is 92.8 Å². The van der Waals surface area contributed by atoms with Gasteiger partial charge in [-0.1, -0.05) is 0 Å². The lowest BCUT2D eigenvalue weighted by Crippen LogP contribution is -2.53. The summed E-state index contributed by atoms with van der Waals surface area (Å²) in [5, 5.41) is 0. The van der Waals surface area contributed by atoms with E-state index in [1.54, 1.807) is 4.90 Å². The predicted molar refractivity (Wildman–Crippen MR) is 73.9 cm³/mol. The highest BCUT2D eigenvalue weighted by Gasteiger charge is 2.36. The fourth-order valence-corrected chi connectivity index (χ4v) is 4.32. The molecular formula is C12H21N3O4S. The van der Waals surface area contributed by atoms with Crippen molar-refractivity contribution in [1.29, 1.82) is 0 Å². The average molecular weight is 303 g/mol. The summed E-state index contributed by atoms with van der Waals surface area (Å²) in [4.78, 5) is 29.2. The summed E-state index contributed by atoms with van der Waals surface area (Å²) in [5.41, 5.74) is 0. The van der Waals surface area contributed by atoms with Gasteiger partial charge in [0.15, 0.2) is 9.84 Å². The quantitative estimate of drug-likeness (QED) is 0.546. The van der Waals surface area contributed by atoms with Crippen molar-refractivity contribution in [2.24, 2.45) is 0 Å². The minimum atomic E-state index is -3.06. The standard InChI is InChI=1S/C12H21N3O4S/c1-13-4-6-15(7-5-13)12(17)11(16)14(2)10-3-8-20(18,19)9-10/h10H,3-9H2,1-2H3. The summed E-state index contributed by atoms with van der Waals surface area (Å²) in [6.07, 6.45) is 0.417. The van der Waals surface area contributed by atoms with Crippen molar-refractivity contribution >= 4 is 21.7 Å². The zero-order valence-corrected chi connectivity index (χ0v) is 12.7. The van der Waals surface area contributed by atoms with Gasteiger partial charge in [-0.2, -0.15) is 0 Å². The third-order valence-corrected chi connectivity index (χ3v) is 5.80. The Balaban J connectivity index is 1.95. The first kappa shape index (κ1) is 15.2. The number of hydrogen-bond donors (Lipinski definition) is 0. The second kappa shape index (κ2) is 5.69. The van der Waals surface area contributed by atoms with Crippen LogP contribution in [0.2, 0.25) is 0 Å². The number of piperazine rings is 1. The van der Waals surface area contributed by atoms with E-state index in [9.17, 15) is 18.0 Å². The lowest BCUT2D eigenvalue weighted by Gasteiger charge is -2.33. The highest BCUT2D eigenvalue weighted by molar-refractivity contribution is 7.91. The minimum Gasteiger partial charge on any atom is -0.333 e. The van der Waals surface area contributed by atoms with Crippen molar-refractivity contribution < 1.29 is 18.0 Å². The fourth-order valence-electron chi connectivity index (χ4n) is 2.54. The van der Waals surface area contributed by atoms with Crippen molar-refractivity contribution in [3.05, 3.63) is 0 Å². The Hall–Kier alpha value is -1.15. The van der Waals surface area contributed by atoms with E-state index in [1.807, 2.05) is 7.05 Å². The lowest BCUT2D eigenvalue weighted by molar-refractivity contribution is -0.152. The van der Waals surface area contributed by atoms with Crippen molar-refractivity contribution in [2.75, 3.05) is 51.8 Å². The maximum absolute atomic E-state index is 12.1. The maximum Gasteiger partial charge on any atom is 0.312 e. The summed E-state index contributed by atoms with van der Waals surface area (Å²) in [6.45, 7) is 2.58. The van der Waals surface area contributed by atoms with Crippen LogP contribution < -0.4 is 0 Å². The van der Waals surface area contributed by atoms with Crippen molar-refractivity contribution in [3.8, 4) is 0 Å². The summed E-state index contributed by atoms with van der Waals surface area (Å²) < 4.78 is 22.9. The fraction of sp³-hybridized carbons (Fsp3) is 0.833. The summed E-state index contributed by atoms with van der Waals surface area (Å²) in [7, 11) is 0.430. The molecule has 2 saturated heterocycles. The zero-order chi connectivity index (χ0) is 14.9. The molecular weight excluding hydrogens is 282 g/mol. The van der Waals surface area contributed by atoms with Crippen LogP contribution in [0.4, 0.5) is 0 Å². The van der Waals surface area contributed by atoms with Gasteiger partial charge in [0.05, 0.1) is 11.5 Å². The van der Waals surface area contributed by atoms with E-state index in [1.165, 1.54) is 11.9 Å². The highest BCUT2D eigenvalue weighted by Crippen LogP contribution is 2.17. The van der Waals surface area contributed by atoms with Crippen LogP contribution in [0.5, 0.6) is 0 Å². The van der Waals surface area contributed by atoms with Crippen molar-refractivity contribution in [2.45, 2.75) is 12.5 Å². The number of carbonyl (C=O) groups excluding carboxylic acids is 2. The Morgan fingerprint density at radius 3 is 2.25 bits per heavy atom. The van der Waals surface area contributed by atoms with E-state index in [0.717, 1.165) is 13.1 Å². The van der Waals surface area contributed by atoms with E-state index in [0.29, 0.717) is 19.5 Å². The monoisotopic (exact) mass is 303 g/mol. The van der Waals surface area contributed by atoms with Crippen LogP contribution in [0.25, 0.3) is 0 Å². The molecule has 2 aliphatic heterocycles. The zero-order valence-electron chi connectivity index (χ0n) is 11.9. The van der Waals surface area contributed by atoms with Gasteiger partial charge in [-0.25, -0.2) is 8.42 Å². The summed E-state index contributed by atoms with van der Waals surface area (Å²) in [6, 6.07) is -0.371. The highest BCUT2D eigenvalue weighted by atomic mass is 32.2. The molecule has 0 aromatic carbocycles. The molecule has 0 aliphatic carbocycles. The predicted octanol–water partition coefficient (Wildman–Crippen LogP) is -1.59.